The number of carbonyl (C=O) groups is 1. The van der Waals surface area contributed by atoms with Gasteiger partial charge in [-0.25, -0.2) is 0 Å². The molecule has 1 saturated heterocycles. The number of carbonyl (C=O) groups excluding carboxylic acids is 1. The summed E-state index contributed by atoms with van der Waals surface area (Å²) in [5.41, 5.74) is -0.974. The molecule has 1 rings (SSSR count). The van der Waals surface area contributed by atoms with Crippen molar-refractivity contribution in [2.24, 2.45) is 5.41 Å². The fraction of sp³-hybridized carbons (Fsp3) is 0.800. The number of aliphatic hydroxyl groups is 1. The number of amides is 1. The zero-order valence-corrected chi connectivity index (χ0v) is 8.66. The zero-order chi connectivity index (χ0) is 10.8. The standard InChI is InChI=1S/C10H16N2O2/c1-10(2,7-11)9(14)12-5-3-4-8(12)6-13/h8,13H,3-6H2,1-2H3/t8-/m1/s1. The van der Waals surface area contributed by atoms with Gasteiger partial charge in [-0.05, 0) is 26.7 Å². The normalized spacial score (nSPS) is 22.1. The van der Waals surface area contributed by atoms with Crippen LogP contribution >= 0.6 is 0 Å². The number of aliphatic hydroxyl groups excluding tert-OH is 1. The molecule has 0 unspecified atom stereocenters. The first kappa shape index (κ1) is 11.0. The molecule has 1 aliphatic heterocycles. The summed E-state index contributed by atoms with van der Waals surface area (Å²) in [7, 11) is 0. The Kier molecular flexibility index (Phi) is 3.12. The molecule has 14 heavy (non-hydrogen) atoms. The maximum Gasteiger partial charge on any atom is 0.242 e. The lowest BCUT2D eigenvalue weighted by Crippen LogP contribution is -2.44. The zero-order valence-electron chi connectivity index (χ0n) is 8.66. The van der Waals surface area contributed by atoms with E-state index in [2.05, 4.69) is 0 Å². The van der Waals surface area contributed by atoms with E-state index < -0.39 is 5.41 Å². The second-order valence-electron chi connectivity index (χ2n) is 4.21. The van der Waals surface area contributed by atoms with Crippen LogP contribution in [0.3, 0.4) is 0 Å². The average molecular weight is 196 g/mol. The summed E-state index contributed by atoms with van der Waals surface area (Å²) in [6, 6.07) is 1.90. The van der Waals surface area contributed by atoms with E-state index in [4.69, 9.17) is 10.4 Å². The molecule has 0 aliphatic carbocycles. The molecule has 0 aromatic carbocycles. The molecule has 1 fully saturated rings. The van der Waals surface area contributed by atoms with Crippen molar-refractivity contribution in [1.82, 2.24) is 4.90 Å². The fourth-order valence-electron chi connectivity index (χ4n) is 1.70. The average Bonchev–Trinajstić information content (AvgIpc) is 2.64. The Hall–Kier alpha value is -1.08. The highest BCUT2D eigenvalue weighted by Gasteiger charge is 2.37. The number of hydrogen-bond donors (Lipinski definition) is 1. The molecule has 1 N–H and O–H groups in total. The Morgan fingerprint density at radius 2 is 2.36 bits per heavy atom. The second kappa shape index (κ2) is 3.97. The lowest BCUT2D eigenvalue weighted by molar-refractivity contribution is -0.139. The minimum Gasteiger partial charge on any atom is -0.394 e. The largest absolute Gasteiger partial charge is 0.394 e. The van der Waals surface area contributed by atoms with Crippen LogP contribution in [0.1, 0.15) is 26.7 Å². The molecule has 0 aromatic rings. The predicted molar refractivity (Wildman–Crippen MR) is 51.2 cm³/mol. The summed E-state index contributed by atoms with van der Waals surface area (Å²) in [6.45, 7) is 3.88. The van der Waals surface area contributed by atoms with Gasteiger partial charge in [-0.1, -0.05) is 0 Å². The molecule has 0 radical (unpaired) electrons. The van der Waals surface area contributed by atoms with Gasteiger partial charge in [0.15, 0.2) is 0 Å². The van der Waals surface area contributed by atoms with E-state index in [0.29, 0.717) is 6.54 Å². The van der Waals surface area contributed by atoms with E-state index in [1.54, 1.807) is 18.7 Å². The number of nitriles is 1. The summed E-state index contributed by atoms with van der Waals surface area (Å²) in [5.74, 6) is -0.170. The third kappa shape index (κ3) is 1.88. The maximum atomic E-state index is 11.9. The highest BCUT2D eigenvalue weighted by molar-refractivity contribution is 5.85. The van der Waals surface area contributed by atoms with Crippen LogP contribution in [0, 0.1) is 16.7 Å². The van der Waals surface area contributed by atoms with E-state index in [0.717, 1.165) is 12.8 Å². The van der Waals surface area contributed by atoms with Crippen molar-refractivity contribution in [3.05, 3.63) is 0 Å². The van der Waals surface area contributed by atoms with Crippen molar-refractivity contribution in [3.63, 3.8) is 0 Å². The summed E-state index contributed by atoms with van der Waals surface area (Å²) in [6.07, 6.45) is 1.75. The van der Waals surface area contributed by atoms with Crippen LogP contribution in [0.5, 0.6) is 0 Å². The van der Waals surface area contributed by atoms with Crippen LogP contribution in [0.15, 0.2) is 0 Å². The SMILES string of the molecule is CC(C)(C#N)C(=O)N1CCC[C@@H]1CO. The molecule has 4 nitrogen and oxygen atoms in total. The summed E-state index contributed by atoms with van der Waals surface area (Å²) in [5, 5.41) is 17.9. The number of rotatable bonds is 2. The highest BCUT2D eigenvalue weighted by Crippen LogP contribution is 2.24. The van der Waals surface area contributed by atoms with Gasteiger partial charge < -0.3 is 10.0 Å². The maximum absolute atomic E-state index is 11.9. The quantitative estimate of drug-likeness (QED) is 0.700. The van der Waals surface area contributed by atoms with Crippen molar-refractivity contribution >= 4 is 5.91 Å². The van der Waals surface area contributed by atoms with E-state index in [9.17, 15) is 4.79 Å². The van der Waals surface area contributed by atoms with Crippen molar-refractivity contribution in [3.8, 4) is 6.07 Å². The Bertz CT molecular complexity index is 268. The topological polar surface area (TPSA) is 64.3 Å². The molecule has 0 spiro atoms. The lowest BCUT2D eigenvalue weighted by atomic mass is 9.93. The molecule has 0 bridgehead atoms. The number of hydrogen-bond acceptors (Lipinski definition) is 3. The molecule has 1 atom stereocenters. The summed E-state index contributed by atoms with van der Waals surface area (Å²) >= 11 is 0. The Morgan fingerprint density at radius 3 is 2.86 bits per heavy atom. The molecular weight excluding hydrogens is 180 g/mol. The molecule has 1 amide bonds. The molecule has 0 aromatic heterocycles. The van der Waals surface area contributed by atoms with E-state index in [-0.39, 0.29) is 18.6 Å². The van der Waals surface area contributed by atoms with Gasteiger partial charge in [0.25, 0.3) is 0 Å². The van der Waals surface area contributed by atoms with Crippen molar-refractivity contribution in [1.29, 1.82) is 5.26 Å². The molecule has 1 aliphatic rings. The monoisotopic (exact) mass is 196 g/mol. The third-order valence-electron chi connectivity index (χ3n) is 2.66. The van der Waals surface area contributed by atoms with Crippen molar-refractivity contribution in [2.75, 3.05) is 13.2 Å². The lowest BCUT2D eigenvalue weighted by Gasteiger charge is -2.28. The summed E-state index contributed by atoms with van der Waals surface area (Å²) < 4.78 is 0. The number of nitrogens with zero attached hydrogens (tertiary/aromatic N) is 2. The molecular formula is C10H16N2O2. The number of likely N-dealkylation sites (tertiary alicyclic amines) is 1. The van der Waals surface area contributed by atoms with E-state index >= 15 is 0 Å². The fourth-order valence-corrected chi connectivity index (χ4v) is 1.70. The highest BCUT2D eigenvalue weighted by atomic mass is 16.3. The van der Waals surface area contributed by atoms with E-state index in [1.165, 1.54) is 0 Å². The van der Waals surface area contributed by atoms with Gasteiger partial charge in [0.1, 0.15) is 5.41 Å². The van der Waals surface area contributed by atoms with E-state index in [1.807, 2.05) is 6.07 Å². The Balaban J connectivity index is 2.75. The molecule has 0 saturated carbocycles. The van der Waals surface area contributed by atoms with Crippen LogP contribution in [-0.2, 0) is 4.79 Å². The van der Waals surface area contributed by atoms with Gasteiger partial charge in [0, 0.05) is 6.54 Å². The predicted octanol–water partition coefficient (Wildman–Crippen LogP) is 0.519. The molecule has 78 valence electrons. The molecule has 4 heteroatoms. The van der Waals surface area contributed by atoms with Gasteiger partial charge in [-0.2, -0.15) is 5.26 Å². The van der Waals surface area contributed by atoms with Gasteiger partial charge in [0.2, 0.25) is 5.91 Å². The smallest absolute Gasteiger partial charge is 0.242 e. The van der Waals surface area contributed by atoms with Gasteiger partial charge >= 0.3 is 0 Å². The van der Waals surface area contributed by atoms with Gasteiger partial charge in [-0.15, -0.1) is 0 Å². The summed E-state index contributed by atoms with van der Waals surface area (Å²) in [4.78, 5) is 13.5. The minimum atomic E-state index is -0.974. The first-order chi connectivity index (χ1) is 6.53. The van der Waals surface area contributed by atoms with Crippen LogP contribution in [-0.4, -0.2) is 35.1 Å². The van der Waals surface area contributed by atoms with Gasteiger partial charge in [-0.3, -0.25) is 4.79 Å². The Morgan fingerprint density at radius 1 is 1.71 bits per heavy atom. The van der Waals surface area contributed by atoms with Crippen LogP contribution in [0.25, 0.3) is 0 Å². The van der Waals surface area contributed by atoms with Gasteiger partial charge in [0.05, 0.1) is 18.7 Å². The minimum absolute atomic E-state index is 0.00670. The second-order valence-corrected chi connectivity index (χ2v) is 4.21. The first-order valence-electron chi connectivity index (χ1n) is 4.86. The van der Waals surface area contributed by atoms with Crippen LogP contribution in [0.2, 0.25) is 0 Å². The van der Waals surface area contributed by atoms with Crippen LogP contribution < -0.4 is 0 Å². The molecule has 1 heterocycles. The van der Waals surface area contributed by atoms with Crippen LogP contribution in [0.4, 0.5) is 0 Å². The third-order valence-corrected chi connectivity index (χ3v) is 2.66. The van der Waals surface area contributed by atoms with Crippen molar-refractivity contribution < 1.29 is 9.90 Å². The first-order valence-corrected chi connectivity index (χ1v) is 4.86. The van der Waals surface area contributed by atoms with Crippen molar-refractivity contribution in [2.45, 2.75) is 32.7 Å². The Labute approximate surface area is 84.1 Å².